The van der Waals surface area contributed by atoms with Gasteiger partial charge in [-0.1, -0.05) is 79.7 Å². The van der Waals surface area contributed by atoms with E-state index in [0.29, 0.717) is 17.5 Å². The molecule has 0 spiro atoms. The van der Waals surface area contributed by atoms with Crippen molar-refractivity contribution in [3.8, 4) is 34.1 Å². The van der Waals surface area contributed by atoms with E-state index >= 15 is 0 Å². The standard InChI is InChI=1S/C32H33F5N2O2.C31H31F2N3O2/c1-21(30(40)38-26-11-12-28(33)29(34)18-26)19-31(13-15-39(16-14-31)20-22-5-6-22)25-9-7-23(8-10-25)24-3-2-4-27(17-24)41-32(35,36)37;1-21(30(37)35-27-11-12-28(32)29(33)18-27)38-31(13-15-36(16-14-31)20-22-5-6-22)26-9-7-24(8-10-26)25-4-2-3-23(17-25)19-34/h2-4,7-12,17-18,21-22H,5-6,13-16,19-20H2,1H3,(H,38,40);2-4,7-12,17-18,21-22H,5-6,13-16,20H2,1H3,(H,35,37). The second-order valence-electron chi connectivity index (χ2n) is 21.8. The molecule has 16 heteroatoms. The van der Waals surface area contributed by atoms with Crippen LogP contribution in [0.4, 0.5) is 42.1 Å². The van der Waals surface area contributed by atoms with Gasteiger partial charge >= 0.3 is 6.36 Å². The molecular weight excluding hydrogens is 1020 g/mol. The summed E-state index contributed by atoms with van der Waals surface area (Å²) in [4.78, 5) is 31.1. The molecule has 2 atom stereocenters. The highest BCUT2D eigenvalue weighted by molar-refractivity contribution is 5.94. The van der Waals surface area contributed by atoms with Crippen LogP contribution >= 0.6 is 0 Å². The lowest BCUT2D eigenvalue weighted by Gasteiger charge is -2.44. The molecule has 2 aliphatic carbocycles. The molecule has 4 fully saturated rings. The van der Waals surface area contributed by atoms with E-state index in [1.165, 1.54) is 56.0 Å². The van der Waals surface area contributed by atoms with Gasteiger partial charge in [0.1, 0.15) is 11.9 Å². The number of hydrogen-bond donors (Lipinski definition) is 2. The van der Waals surface area contributed by atoms with Crippen LogP contribution in [0.2, 0.25) is 0 Å². The van der Waals surface area contributed by atoms with Gasteiger partial charge in [-0.2, -0.15) is 5.26 Å². The first kappa shape index (κ1) is 56.7. The average Bonchev–Trinajstić information content (AvgIpc) is 4.42. The lowest BCUT2D eigenvalue weighted by molar-refractivity contribution is -0.274. The van der Waals surface area contributed by atoms with E-state index in [1.807, 2.05) is 73.7 Å². The van der Waals surface area contributed by atoms with Crippen LogP contribution in [0.25, 0.3) is 22.3 Å². The quantitative estimate of drug-likeness (QED) is 0.0876. The van der Waals surface area contributed by atoms with Crippen LogP contribution in [0.1, 0.15) is 88.3 Å². The third-order valence-corrected chi connectivity index (χ3v) is 15.8. The first-order valence-electron chi connectivity index (χ1n) is 27.1. The van der Waals surface area contributed by atoms with Crippen molar-refractivity contribution in [3.05, 3.63) is 173 Å². The number of likely N-dealkylation sites (tertiary alicyclic amines) is 2. The predicted octanol–water partition coefficient (Wildman–Crippen LogP) is 14.2. The molecule has 2 heterocycles. The maximum absolute atomic E-state index is 13.7. The van der Waals surface area contributed by atoms with E-state index < -0.39 is 53.2 Å². The van der Waals surface area contributed by atoms with Crippen molar-refractivity contribution in [2.75, 3.05) is 49.9 Å². The number of carbonyl (C=O) groups is 2. The normalized spacial score (nSPS) is 18.0. The zero-order valence-corrected chi connectivity index (χ0v) is 44.2. The summed E-state index contributed by atoms with van der Waals surface area (Å²) in [5.41, 5.74) is 5.44. The number of nitriles is 1. The zero-order valence-electron chi connectivity index (χ0n) is 44.2. The summed E-state index contributed by atoms with van der Waals surface area (Å²) in [5.74, 6) is -3.78. The number of nitrogens with one attached hydrogen (secondary N) is 2. The number of hydrogen-bond acceptors (Lipinski definition) is 7. The van der Waals surface area contributed by atoms with Gasteiger partial charge in [0.15, 0.2) is 23.3 Å². The number of nitrogens with zero attached hydrogens (tertiary/aromatic N) is 3. The first-order chi connectivity index (χ1) is 37.8. The van der Waals surface area contributed by atoms with E-state index in [2.05, 4.69) is 31.2 Å². The highest BCUT2D eigenvalue weighted by Gasteiger charge is 2.42. The second kappa shape index (κ2) is 24.5. The van der Waals surface area contributed by atoms with Gasteiger partial charge in [-0.05, 0) is 177 Å². The monoisotopic (exact) mass is 1090 g/mol. The molecule has 2 saturated carbocycles. The topological polar surface area (TPSA) is 107 Å². The molecule has 0 bridgehead atoms. The smallest absolute Gasteiger partial charge is 0.406 e. The number of ether oxygens (including phenoxy) is 2. The summed E-state index contributed by atoms with van der Waals surface area (Å²) in [7, 11) is 0. The molecule has 2 aliphatic heterocycles. The van der Waals surface area contributed by atoms with Crippen LogP contribution in [0.5, 0.6) is 5.75 Å². The maximum atomic E-state index is 13.7. The number of amides is 2. The van der Waals surface area contributed by atoms with Crippen molar-refractivity contribution in [1.82, 2.24) is 9.80 Å². The fourth-order valence-electron chi connectivity index (χ4n) is 11.0. The maximum Gasteiger partial charge on any atom is 0.573 e. The summed E-state index contributed by atoms with van der Waals surface area (Å²) in [5, 5.41) is 14.6. The molecule has 0 aromatic heterocycles. The SMILES string of the molecule is CC(CC1(c2ccc(-c3cccc(OC(F)(F)F)c3)cc2)CCN(CC2CC2)CC1)C(=O)Nc1ccc(F)c(F)c1.CC(OC1(c2ccc(-c3cccc(C#N)c3)cc2)CCN(CC2CC2)CC1)C(=O)Nc1ccc(F)c(F)c1. The number of anilines is 2. The lowest BCUT2D eigenvalue weighted by Crippen LogP contribution is -2.47. The van der Waals surface area contributed by atoms with Crippen molar-refractivity contribution < 1.29 is 49.8 Å². The van der Waals surface area contributed by atoms with Gasteiger partial charge in [0, 0.05) is 55.6 Å². The Hall–Kier alpha value is -7.06. The molecule has 2 amide bonds. The molecule has 10 rings (SSSR count). The summed E-state index contributed by atoms with van der Waals surface area (Å²) in [6, 6.07) is 38.1. The summed E-state index contributed by atoms with van der Waals surface area (Å²) < 4.78 is 103. The van der Waals surface area contributed by atoms with Crippen LogP contribution in [0.3, 0.4) is 0 Å². The number of halogens is 7. The van der Waals surface area contributed by atoms with Gasteiger partial charge in [0.2, 0.25) is 5.91 Å². The van der Waals surface area contributed by atoms with Gasteiger partial charge in [-0.15, -0.1) is 13.2 Å². The fraction of sp³-hybridized carbons (Fsp3) is 0.381. The highest BCUT2D eigenvalue weighted by Crippen LogP contribution is 2.44. The lowest BCUT2D eigenvalue weighted by atomic mass is 9.67. The van der Waals surface area contributed by atoms with Crippen molar-refractivity contribution in [3.63, 3.8) is 0 Å². The first-order valence-corrected chi connectivity index (χ1v) is 27.1. The Kier molecular flexibility index (Phi) is 17.6. The van der Waals surface area contributed by atoms with E-state index in [9.17, 15) is 45.6 Å². The van der Waals surface area contributed by atoms with Crippen LogP contribution in [-0.4, -0.2) is 73.3 Å². The average molecular weight is 1090 g/mol. The molecule has 2 N–H and O–H groups in total. The number of rotatable bonds is 17. The van der Waals surface area contributed by atoms with Crippen LogP contribution in [0, 0.1) is 52.4 Å². The Morgan fingerprint density at radius 2 is 1.10 bits per heavy atom. The zero-order chi connectivity index (χ0) is 55.9. The Balaban J connectivity index is 0.000000192. The highest BCUT2D eigenvalue weighted by atomic mass is 19.4. The summed E-state index contributed by atoms with van der Waals surface area (Å²) in [6.45, 7) is 9.30. The minimum Gasteiger partial charge on any atom is -0.406 e. The minimum absolute atomic E-state index is 0.182. The van der Waals surface area contributed by atoms with E-state index in [-0.39, 0.29) is 28.4 Å². The Morgan fingerprint density at radius 1 is 0.608 bits per heavy atom. The molecule has 0 radical (unpaired) electrons. The van der Waals surface area contributed by atoms with Crippen LogP contribution < -0.4 is 15.4 Å². The fourth-order valence-corrected chi connectivity index (χ4v) is 11.0. The number of piperidine rings is 2. The molecular formula is C63H64F7N5O4. The molecule has 4 aliphatic rings. The van der Waals surface area contributed by atoms with Gasteiger partial charge < -0.3 is 29.9 Å². The van der Waals surface area contributed by atoms with E-state index in [0.717, 1.165) is 129 Å². The van der Waals surface area contributed by atoms with Gasteiger partial charge in [0.25, 0.3) is 5.91 Å². The van der Waals surface area contributed by atoms with E-state index in [4.69, 9.17) is 4.74 Å². The molecule has 2 unspecified atom stereocenters. The van der Waals surface area contributed by atoms with Gasteiger partial charge in [-0.3, -0.25) is 9.59 Å². The van der Waals surface area contributed by atoms with Crippen molar-refractivity contribution in [1.29, 1.82) is 5.26 Å². The summed E-state index contributed by atoms with van der Waals surface area (Å²) in [6.07, 6.45) is 3.33. The molecule has 9 nitrogen and oxygen atoms in total. The largest absolute Gasteiger partial charge is 0.573 e. The van der Waals surface area contributed by atoms with Crippen LogP contribution in [0.15, 0.2) is 133 Å². The Morgan fingerprint density at radius 3 is 1.61 bits per heavy atom. The Bertz CT molecular complexity index is 3120. The third-order valence-electron chi connectivity index (χ3n) is 15.8. The van der Waals surface area contributed by atoms with Crippen molar-refractivity contribution in [2.45, 2.75) is 95.1 Å². The number of alkyl halides is 3. The number of carbonyl (C=O) groups excluding carboxylic acids is 2. The van der Waals surface area contributed by atoms with Crippen LogP contribution in [-0.2, 0) is 25.3 Å². The van der Waals surface area contributed by atoms with Gasteiger partial charge in [0.05, 0.1) is 17.2 Å². The van der Waals surface area contributed by atoms with Crippen molar-refractivity contribution in [2.24, 2.45) is 17.8 Å². The molecule has 79 heavy (non-hydrogen) atoms. The third kappa shape index (κ3) is 15.0. The van der Waals surface area contributed by atoms with E-state index in [1.54, 1.807) is 19.1 Å². The van der Waals surface area contributed by atoms with Crippen molar-refractivity contribution >= 4 is 23.2 Å². The molecule has 6 aromatic rings. The molecule has 6 aromatic carbocycles. The second-order valence-corrected chi connectivity index (χ2v) is 21.8. The molecule has 414 valence electrons. The van der Waals surface area contributed by atoms with Gasteiger partial charge in [-0.25, -0.2) is 17.6 Å². The predicted molar refractivity (Wildman–Crippen MR) is 290 cm³/mol. The summed E-state index contributed by atoms with van der Waals surface area (Å²) >= 11 is 0. The number of benzene rings is 6. The molecule has 2 saturated heterocycles. The Labute approximate surface area is 456 Å². The minimum atomic E-state index is -4.77.